The van der Waals surface area contributed by atoms with Gasteiger partial charge in [0.25, 0.3) is 0 Å². The van der Waals surface area contributed by atoms with Crippen LogP contribution in [0.1, 0.15) is 13.3 Å². The molecule has 0 spiro atoms. The third-order valence-electron chi connectivity index (χ3n) is 1.68. The number of esters is 1. The van der Waals surface area contributed by atoms with Gasteiger partial charge in [0.1, 0.15) is 5.92 Å². The Hall–Kier alpha value is -1.12. The Kier molecular flexibility index (Phi) is 6.72. The summed E-state index contributed by atoms with van der Waals surface area (Å²) < 4.78 is 14.5. The third-order valence-corrected chi connectivity index (χ3v) is 1.68. The fourth-order valence-corrected chi connectivity index (χ4v) is 0.926. The second kappa shape index (κ2) is 7.30. The van der Waals surface area contributed by atoms with E-state index in [1.165, 1.54) is 14.2 Å². The highest BCUT2D eigenvalue weighted by Gasteiger charge is 2.23. The molecule has 0 radical (unpaired) electrons. The van der Waals surface area contributed by atoms with Crippen molar-refractivity contribution in [1.82, 2.24) is 0 Å². The van der Waals surface area contributed by atoms with Crippen LogP contribution in [0.2, 0.25) is 0 Å². The van der Waals surface area contributed by atoms with Gasteiger partial charge in [-0.05, 0) is 6.92 Å². The standard InChI is InChI=1S/C9H15NO4/c1-4-14-9(11)7(6-10)5-8(12-2)13-3/h7-8H,4-5H2,1-3H3. The lowest BCUT2D eigenvalue weighted by atomic mass is 10.1. The van der Waals surface area contributed by atoms with Crippen LogP contribution in [-0.4, -0.2) is 33.1 Å². The Morgan fingerprint density at radius 1 is 1.43 bits per heavy atom. The molecule has 5 nitrogen and oxygen atoms in total. The van der Waals surface area contributed by atoms with E-state index < -0.39 is 18.2 Å². The Morgan fingerprint density at radius 3 is 2.36 bits per heavy atom. The first kappa shape index (κ1) is 12.9. The minimum absolute atomic E-state index is 0.183. The zero-order valence-electron chi connectivity index (χ0n) is 8.65. The van der Waals surface area contributed by atoms with Gasteiger partial charge in [0.05, 0.1) is 12.7 Å². The van der Waals surface area contributed by atoms with E-state index in [0.29, 0.717) is 0 Å². The number of hydrogen-bond donors (Lipinski definition) is 0. The predicted octanol–water partition coefficient (Wildman–Crippen LogP) is 0.698. The van der Waals surface area contributed by atoms with Gasteiger partial charge in [-0.1, -0.05) is 0 Å². The number of methoxy groups -OCH3 is 2. The zero-order chi connectivity index (χ0) is 11.0. The van der Waals surface area contributed by atoms with Crippen LogP contribution in [0.25, 0.3) is 0 Å². The van der Waals surface area contributed by atoms with Crippen molar-refractivity contribution in [3.8, 4) is 6.07 Å². The molecular formula is C9H15NO4. The van der Waals surface area contributed by atoms with Gasteiger partial charge >= 0.3 is 5.97 Å². The van der Waals surface area contributed by atoms with Crippen LogP contribution in [0, 0.1) is 17.2 Å². The van der Waals surface area contributed by atoms with Crippen molar-refractivity contribution in [3.05, 3.63) is 0 Å². The maximum absolute atomic E-state index is 11.2. The number of nitriles is 1. The molecule has 1 atom stereocenters. The second-order valence-corrected chi connectivity index (χ2v) is 2.57. The van der Waals surface area contributed by atoms with E-state index in [0.717, 1.165) is 0 Å². The molecule has 5 heteroatoms. The fourth-order valence-electron chi connectivity index (χ4n) is 0.926. The molecule has 0 N–H and O–H groups in total. The molecule has 14 heavy (non-hydrogen) atoms. The number of nitrogens with zero attached hydrogens (tertiary/aromatic N) is 1. The highest BCUT2D eigenvalue weighted by molar-refractivity contribution is 5.75. The molecule has 0 bridgehead atoms. The average Bonchev–Trinajstić information content (AvgIpc) is 2.20. The summed E-state index contributed by atoms with van der Waals surface area (Å²) in [5.74, 6) is -1.37. The van der Waals surface area contributed by atoms with Crippen LogP contribution in [0.3, 0.4) is 0 Å². The van der Waals surface area contributed by atoms with E-state index in [1.807, 2.05) is 6.07 Å². The SMILES string of the molecule is CCOC(=O)C(C#N)CC(OC)OC. The lowest BCUT2D eigenvalue weighted by Gasteiger charge is -2.15. The van der Waals surface area contributed by atoms with Crippen LogP contribution in [0.5, 0.6) is 0 Å². The molecule has 0 aromatic carbocycles. The van der Waals surface area contributed by atoms with Crippen molar-refractivity contribution in [2.75, 3.05) is 20.8 Å². The van der Waals surface area contributed by atoms with Crippen LogP contribution in [-0.2, 0) is 19.0 Å². The van der Waals surface area contributed by atoms with Gasteiger partial charge in [-0.15, -0.1) is 0 Å². The Labute approximate surface area is 83.6 Å². The van der Waals surface area contributed by atoms with Crippen molar-refractivity contribution < 1.29 is 19.0 Å². The molecule has 0 aliphatic rings. The van der Waals surface area contributed by atoms with E-state index in [2.05, 4.69) is 0 Å². The van der Waals surface area contributed by atoms with Crippen molar-refractivity contribution >= 4 is 5.97 Å². The molecule has 0 aromatic rings. The van der Waals surface area contributed by atoms with Gasteiger partial charge in [0.2, 0.25) is 0 Å². The second-order valence-electron chi connectivity index (χ2n) is 2.57. The van der Waals surface area contributed by atoms with E-state index in [1.54, 1.807) is 6.92 Å². The summed E-state index contributed by atoms with van der Waals surface area (Å²) in [6.07, 6.45) is -0.369. The highest BCUT2D eigenvalue weighted by atomic mass is 16.7. The summed E-state index contributed by atoms with van der Waals surface area (Å²) in [5, 5.41) is 8.70. The summed E-state index contributed by atoms with van der Waals surface area (Å²) in [5.41, 5.74) is 0. The minimum atomic E-state index is -0.833. The first-order valence-corrected chi connectivity index (χ1v) is 4.31. The molecule has 0 aliphatic carbocycles. The molecular weight excluding hydrogens is 186 g/mol. The summed E-state index contributed by atoms with van der Waals surface area (Å²) in [6, 6.07) is 1.85. The summed E-state index contributed by atoms with van der Waals surface area (Å²) >= 11 is 0. The Balaban J connectivity index is 4.15. The zero-order valence-corrected chi connectivity index (χ0v) is 8.65. The topological polar surface area (TPSA) is 68.6 Å². The molecule has 0 amide bonds. The first-order valence-electron chi connectivity index (χ1n) is 4.31. The number of carbonyl (C=O) groups excluding carboxylic acids is 1. The number of ether oxygens (including phenoxy) is 3. The van der Waals surface area contributed by atoms with Gasteiger partial charge in [0.15, 0.2) is 6.29 Å². The van der Waals surface area contributed by atoms with Crippen LogP contribution >= 0.6 is 0 Å². The van der Waals surface area contributed by atoms with Crippen LogP contribution in [0.4, 0.5) is 0 Å². The van der Waals surface area contributed by atoms with Crippen molar-refractivity contribution in [2.45, 2.75) is 19.6 Å². The monoisotopic (exact) mass is 201 g/mol. The maximum atomic E-state index is 11.2. The number of carbonyl (C=O) groups is 1. The number of hydrogen-bond acceptors (Lipinski definition) is 5. The largest absolute Gasteiger partial charge is 0.465 e. The fraction of sp³-hybridized carbons (Fsp3) is 0.778. The highest BCUT2D eigenvalue weighted by Crippen LogP contribution is 2.10. The molecule has 0 aliphatic heterocycles. The average molecular weight is 201 g/mol. The van der Waals surface area contributed by atoms with E-state index in [-0.39, 0.29) is 13.0 Å². The van der Waals surface area contributed by atoms with E-state index >= 15 is 0 Å². The number of rotatable bonds is 6. The van der Waals surface area contributed by atoms with Crippen molar-refractivity contribution in [3.63, 3.8) is 0 Å². The quantitative estimate of drug-likeness (QED) is 0.467. The minimum Gasteiger partial charge on any atom is -0.465 e. The molecule has 0 heterocycles. The van der Waals surface area contributed by atoms with Gasteiger partial charge in [-0.3, -0.25) is 4.79 Å². The van der Waals surface area contributed by atoms with Gasteiger partial charge in [-0.2, -0.15) is 5.26 Å². The van der Waals surface area contributed by atoms with Crippen molar-refractivity contribution in [2.24, 2.45) is 5.92 Å². The maximum Gasteiger partial charge on any atom is 0.323 e. The van der Waals surface area contributed by atoms with Crippen LogP contribution < -0.4 is 0 Å². The van der Waals surface area contributed by atoms with Gasteiger partial charge in [-0.25, -0.2) is 0 Å². The normalized spacial score (nSPS) is 12.2. The Morgan fingerprint density at radius 2 is 2.00 bits per heavy atom. The molecule has 0 aromatic heterocycles. The van der Waals surface area contributed by atoms with Gasteiger partial charge < -0.3 is 14.2 Å². The molecule has 0 fully saturated rings. The molecule has 0 rings (SSSR count). The lowest BCUT2D eigenvalue weighted by molar-refractivity contribution is -0.153. The first-order chi connectivity index (χ1) is 6.69. The summed E-state index contributed by atoms with van der Waals surface area (Å²) in [6.45, 7) is 1.96. The van der Waals surface area contributed by atoms with Crippen molar-refractivity contribution in [1.29, 1.82) is 5.26 Å². The van der Waals surface area contributed by atoms with E-state index in [4.69, 9.17) is 19.5 Å². The molecule has 0 saturated carbocycles. The molecule has 0 saturated heterocycles. The Bertz CT molecular complexity index is 207. The smallest absolute Gasteiger partial charge is 0.323 e. The summed E-state index contributed by atoms with van der Waals surface area (Å²) in [4.78, 5) is 11.2. The predicted molar refractivity (Wildman–Crippen MR) is 48.2 cm³/mol. The molecule has 80 valence electrons. The van der Waals surface area contributed by atoms with Gasteiger partial charge in [0, 0.05) is 20.6 Å². The third kappa shape index (κ3) is 4.21. The summed E-state index contributed by atoms with van der Waals surface area (Å²) in [7, 11) is 2.90. The molecule has 1 unspecified atom stereocenters. The lowest BCUT2D eigenvalue weighted by Crippen LogP contribution is -2.24. The van der Waals surface area contributed by atoms with E-state index in [9.17, 15) is 4.79 Å². The van der Waals surface area contributed by atoms with Crippen LogP contribution in [0.15, 0.2) is 0 Å².